The van der Waals surface area contributed by atoms with Crippen molar-refractivity contribution < 1.29 is 17.9 Å². The van der Waals surface area contributed by atoms with Crippen LogP contribution in [0.3, 0.4) is 0 Å². The molecule has 0 N–H and O–H groups in total. The summed E-state index contributed by atoms with van der Waals surface area (Å²) in [4.78, 5) is 11.2. The first-order valence-corrected chi connectivity index (χ1v) is 10.0. The highest BCUT2D eigenvalue weighted by molar-refractivity contribution is 7.90. The largest absolute Gasteiger partial charge is 0.497 e. The Bertz CT molecular complexity index is 1260. The van der Waals surface area contributed by atoms with Crippen LogP contribution in [0, 0.1) is 0 Å². The van der Waals surface area contributed by atoms with Crippen molar-refractivity contribution in [3.05, 3.63) is 84.4 Å². The van der Waals surface area contributed by atoms with Crippen LogP contribution in [0.25, 0.3) is 22.2 Å². The third kappa shape index (κ3) is 2.97. The van der Waals surface area contributed by atoms with Gasteiger partial charge in [-0.05, 0) is 42.0 Å². The van der Waals surface area contributed by atoms with E-state index in [0.717, 1.165) is 11.7 Å². The van der Waals surface area contributed by atoms with Gasteiger partial charge in [0.25, 0.3) is 10.0 Å². The summed E-state index contributed by atoms with van der Waals surface area (Å²) in [5, 5.41) is 0.744. The van der Waals surface area contributed by atoms with Gasteiger partial charge in [0.15, 0.2) is 0 Å². The van der Waals surface area contributed by atoms with Crippen molar-refractivity contribution in [2.75, 3.05) is 7.11 Å². The summed E-state index contributed by atoms with van der Waals surface area (Å²) in [5.41, 5.74) is 2.29. The van der Waals surface area contributed by atoms with E-state index in [1.165, 1.54) is 3.97 Å². The van der Waals surface area contributed by atoms with E-state index in [-0.39, 0.29) is 4.90 Å². The van der Waals surface area contributed by atoms with E-state index in [9.17, 15) is 13.2 Å². The van der Waals surface area contributed by atoms with Gasteiger partial charge in [-0.15, -0.1) is 0 Å². The van der Waals surface area contributed by atoms with Gasteiger partial charge in [-0.2, -0.15) is 0 Å². The van der Waals surface area contributed by atoms with Gasteiger partial charge in [0.05, 0.1) is 23.2 Å². The van der Waals surface area contributed by atoms with Gasteiger partial charge in [0, 0.05) is 10.9 Å². The predicted molar refractivity (Wildman–Crippen MR) is 108 cm³/mol. The Balaban J connectivity index is 2.03. The lowest BCUT2D eigenvalue weighted by Gasteiger charge is -2.12. The minimum atomic E-state index is -3.83. The van der Waals surface area contributed by atoms with Crippen molar-refractivity contribution in [3.8, 4) is 17.0 Å². The molecule has 1 heterocycles. The standard InChI is InChI=1S/C22H17NO4S/c1-27-19-11-12-21-18(13-19)14-22(17-9-7-16(15-24)8-10-17)23(21)28(25,26)20-5-3-2-4-6-20/h2-15H,1H3. The number of carbonyl (C=O) groups excluding carboxylic acids is 1. The molecule has 0 fully saturated rings. The van der Waals surface area contributed by atoms with Gasteiger partial charge < -0.3 is 4.74 Å². The van der Waals surface area contributed by atoms with Gasteiger partial charge in [-0.3, -0.25) is 4.79 Å². The second-order valence-electron chi connectivity index (χ2n) is 6.28. The molecule has 140 valence electrons. The third-order valence-electron chi connectivity index (χ3n) is 4.59. The molecular formula is C22H17NO4S. The Labute approximate surface area is 162 Å². The molecule has 3 aromatic carbocycles. The van der Waals surface area contributed by atoms with Crippen molar-refractivity contribution >= 4 is 27.2 Å². The molecule has 0 amide bonds. The molecule has 6 heteroatoms. The Morgan fingerprint density at radius 1 is 0.893 bits per heavy atom. The summed E-state index contributed by atoms with van der Waals surface area (Å²) in [7, 11) is -2.26. The van der Waals surface area contributed by atoms with Crippen molar-refractivity contribution in [2.45, 2.75) is 4.90 Å². The van der Waals surface area contributed by atoms with Crippen LogP contribution in [0.1, 0.15) is 10.4 Å². The number of aldehydes is 1. The first-order chi connectivity index (χ1) is 13.5. The van der Waals surface area contributed by atoms with Crippen LogP contribution < -0.4 is 4.74 Å². The second-order valence-corrected chi connectivity index (χ2v) is 8.06. The molecule has 0 atom stereocenters. The fraction of sp³-hybridized carbons (Fsp3) is 0.0455. The summed E-state index contributed by atoms with van der Waals surface area (Å²) in [5.74, 6) is 0.643. The maximum Gasteiger partial charge on any atom is 0.268 e. The maximum absolute atomic E-state index is 13.5. The predicted octanol–water partition coefficient (Wildman–Crippen LogP) is 4.37. The number of carbonyl (C=O) groups is 1. The summed E-state index contributed by atoms with van der Waals surface area (Å²) in [6.45, 7) is 0. The maximum atomic E-state index is 13.5. The number of fused-ring (bicyclic) bond motifs is 1. The van der Waals surface area contributed by atoms with E-state index in [1.807, 2.05) is 6.07 Å². The Hall–Kier alpha value is -3.38. The normalized spacial score (nSPS) is 11.5. The topological polar surface area (TPSA) is 65.4 Å². The van der Waals surface area contributed by atoms with Crippen LogP contribution in [0.4, 0.5) is 0 Å². The minimum absolute atomic E-state index is 0.203. The Morgan fingerprint density at radius 2 is 1.61 bits per heavy atom. The van der Waals surface area contributed by atoms with E-state index in [4.69, 9.17) is 4.74 Å². The van der Waals surface area contributed by atoms with Crippen LogP contribution >= 0.6 is 0 Å². The Morgan fingerprint density at radius 3 is 2.25 bits per heavy atom. The lowest BCUT2D eigenvalue weighted by Crippen LogP contribution is -2.14. The fourth-order valence-corrected chi connectivity index (χ4v) is 4.74. The molecule has 28 heavy (non-hydrogen) atoms. The highest BCUT2D eigenvalue weighted by Crippen LogP contribution is 2.34. The number of methoxy groups -OCH3 is 1. The summed E-state index contributed by atoms with van der Waals surface area (Å²) < 4.78 is 33.5. The highest BCUT2D eigenvalue weighted by atomic mass is 32.2. The molecule has 0 spiro atoms. The first-order valence-electron chi connectivity index (χ1n) is 8.60. The van der Waals surface area contributed by atoms with Crippen molar-refractivity contribution in [1.29, 1.82) is 0 Å². The fourth-order valence-electron chi connectivity index (χ4n) is 3.19. The van der Waals surface area contributed by atoms with Gasteiger partial charge in [0.1, 0.15) is 12.0 Å². The number of ether oxygens (including phenoxy) is 1. The molecule has 0 unspecified atom stereocenters. The van der Waals surface area contributed by atoms with Gasteiger partial charge in [-0.25, -0.2) is 12.4 Å². The van der Waals surface area contributed by atoms with Gasteiger partial charge >= 0.3 is 0 Å². The molecule has 0 saturated heterocycles. The molecule has 0 saturated carbocycles. The average Bonchev–Trinajstić information content (AvgIpc) is 3.13. The molecule has 0 aliphatic heterocycles. The van der Waals surface area contributed by atoms with Gasteiger partial charge in [-0.1, -0.05) is 42.5 Å². The van der Waals surface area contributed by atoms with Crippen molar-refractivity contribution in [3.63, 3.8) is 0 Å². The quantitative estimate of drug-likeness (QED) is 0.474. The summed E-state index contributed by atoms with van der Waals surface area (Å²) in [6.07, 6.45) is 0.755. The second kappa shape index (κ2) is 6.98. The molecule has 5 nitrogen and oxygen atoms in total. The van der Waals surface area contributed by atoms with Crippen LogP contribution in [-0.4, -0.2) is 25.8 Å². The van der Waals surface area contributed by atoms with Gasteiger partial charge in [0.2, 0.25) is 0 Å². The van der Waals surface area contributed by atoms with Crippen LogP contribution in [0.5, 0.6) is 5.75 Å². The lowest BCUT2D eigenvalue weighted by atomic mass is 10.1. The molecule has 4 rings (SSSR count). The average molecular weight is 391 g/mol. The molecule has 0 bridgehead atoms. The number of hydrogen-bond acceptors (Lipinski definition) is 4. The van der Waals surface area contributed by atoms with E-state index < -0.39 is 10.0 Å². The zero-order valence-electron chi connectivity index (χ0n) is 15.1. The van der Waals surface area contributed by atoms with Crippen LogP contribution in [-0.2, 0) is 10.0 Å². The van der Waals surface area contributed by atoms with E-state index >= 15 is 0 Å². The number of rotatable bonds is 5. The lowest BCUT2D eigenvalue weighted by molar-refractivity contribution is 0.112. The molecule has 0 aliphatic carbocycles. The molecule has 4 aromatic rings. The van der Waals surface area contributed by atoms with E-state index in [1.54, 1.807) is 79.9 Å². The van der Waals surface area contributed by atoms with Crippen LogP contribution in [0.15, 0.2) is 83.8 Å². The highest BCUT2D eigenvalue weighted by Gasteiger charge is 2.24. The molecular weight excluding hydrogens is 374 g/mol. The zero-order chi connectivity index (χ0) is 19.7. The SMILES string of the molecule is COc1ccc2c(c1)cc(-c1ccc(C=O)cc1)n2S(=O)(=O)c1ccccc1. The minimum Gasteiger partial charge on any atom is -0.497 e. The number of nitrogens with zero attached hydrogens (tertiary/aromatic N) is 1. The first kappa shape index (κ1) is 18.0. The van der Waals surface area contributed by atoms with E-state index in [2.05, 4.69) is 0 Å². The monoisotopic (exact) mass is 391 g/mol. The van der Waals surface area contributed by atoms with Crippen molar-refractivity contribution in [2.24, 2.45) is 0 Å². The third-order valence-corrected chi connectivity index (χ3v) is 6.33. The van der Waals surface area contributed by atoms with E-state index in [0.29, 0.717) is 28.1 Å². The van der Waals surface area contributed by atoms with Crippen LogP contribution in [0.2, 0.25) is 0 Å². The number of benzene rings is 3. The molecule has 1 aromatic heterocycles. The number of hydrogen-bond donors (Lipinski definition) is 0. The molecule has 0 radical (unpaired) electrons. The Kier molecular flexibility index (Phi) is 4.49. The number of aromatic nitrogens is 1. The summed E-state index contributed by atoms with van der Waals surface area (Å²) in [6, 6.07) is 22.2. The zero-order valence-corrected chi connectivity index (χ0v) is 15.9. The summed E-state index contributed by atoms with van der Waals surface area (Å²) >= 11 is 0. The molecule has 0 aliphatic rings. The van der Waals surface area contributed by atoms with Crippen molar-refractivity contribution in [1.82, 2.24) is 3.97 Å². The smallest absolute Gasteiger partial charge is 0.268 e.